The molecule has 0 amide bonds. The van der Waals surface area contributed by atoms with Crippen molar-refractivity contribution in [3.8, 4) is 0 Å². The lowest BCUT2D eigenvalue weighted by molar-refractivity contribution is -0.159. The summed E-state index contributed by atoms with van der Waals surface area (Å²) in [6.45, 7) is 10.6. The smallest absolute Gasteiger partial charge is 0.326 e. The van der Waals surface area contributed by atoms with Crippen LogP contribution in [-0.2, 0) is 16.1 Å². The predicted molar refractivity (Wildman–Crippen MR) is 92.3 cm³/mol. The largest absolute Gasteiger partial charge is 0.459 e. The summed E-state index contributed by atoms with van der Waals surface area (Å²) in [7, 11) is 0. The highest BCUT2D eigenvalue weighted by molar-refractivity contribution is 7.12. The lowest BCUT2D eigenvalue weighted by atomic mass is 10.1. The molecule has 0 saturated carbocycles. The van der Waals surface area contributed by atoms with Crippen LogP contribution in [0, 0.1) is 6.92 Å². The molecule has 1 aromatic rings. The maximum absolute atomic E-state index is 12.0. The van der Waals surface area contributed by atoms with Gasteiger partial charge in [-0.25, -0.2) is 0 Å². The number of carbonyl (C=O) groups excluding carboxylic acids is 1. The molecule has 2 rings (SSSR count). The van der Waals surface area contributed by atoms with Crippen molar-refractivity contribution < 1.29 is 14.6 Å². The number of nitrogens with zero attached hydrogens (tertiary/aromatic N) is 1. The molecule has 1 saturated heterocycles. The van der Waals surface area contributed by atoms with Gasteiger partial charge in [0.2, 0.25) is 0 Å². The summed E-state index contributed by atoms with van der Waals surface area (Å²) >= 11 is 1.54. The molecule has 6 heteroatoms. The van der Waals surface area contributed by atoms with E-state index >= 15 is 0 Å². The highest BCUT2D eigenvalue weighted by atomic mass is 32.1. The summed E-state index contributed by atoms with van der Waals surface area (Å²) in [6, 6.07) is 0.872. The molecule has 3 N–H and O–H groups in total. The van der Waals surface area contributed by atoms with Crippen molar-refractivity contribution in [2.45, 2.75) is 64.8 Å². The summed E-state index contributed by atoms with van der Waals surface area (Å²) in [5, 5.41) is 10.4. The van der Waals surface area contributed by atoms with Crippen LogP contribution >= 0.6 is 11.3 Å². The van der Waals surface area contributed by atoms with Crippen molar-refractivity contribution in [2.24, 2.45) is 5.73 Å². The Bertz CT molecular complexity index is 545. The second kappa shape index (κ2) is 7.30. The molecule has 0 aromatic carbocycles. The van der Waals surface area contributed by atoms with Gasteiger partial charge in [0, 0.05) is 16.3 Å². The summed E-state index contributed by atoms with van der Waals surface area (Å²) in [6.07, 6.45) is 1.48. The maximum atomic E-state index is 12.0. The Morgan fingerprint density at radius 2 is 2.04 bits per heavy atom. The number of hydrogen-bond acceptors (Lipinski definition) is 6. The Labute approximate surface area is 142 Å². The van der Waals surface area contributed by atoms with Crippen LogP contribution < -0.4 is 5.73 Å². The number of aryl methyl sites for hydroxylation is 1. The average Bonchev–Trinajstić information content (AvgIpc) is 3.06. The van der Waals surface area contributed by atoms with Crippen molar-refractivity contribution in [3.05, 3.63) is 21.4 Å². The van der Waals surface area contributed by atoms with Gasteiger partial charge in [-0.3, -0.25) is 9.69 Å². The van der Waals surface area contributed by atoms with E-state index in [2.05, 4.69) is 4.90 Å². The van der Waals surface area contributed by atoms with Crippen molar-refractivity contribution in [1.82, 2.24) is 4.90 Å². The fourth-order valence-electron chi connectivity index (χ4n) is 2.67. The molecule has 2 atom stereocenters. The molecular weight excluding hydrogens is 312 g/mol. The second-order valence-corrected chi connectivity index (χ2v) is 8.41. The molecule has 1 aliphatic heterocycles. The Kier molecular flexibility index (Phi) is 5.84. The SMILES string of the molecule is Cc1cc(C(O)C(N)C(=O)OC(C)(C)C)sc1CN1CCCC1. The van der Waals surface area contributed by atoms with E-state index in [-0.39, 0.29) is 0 Å². The zero-order valence-corrected chi connectivity index (χ0v) is 15.3. The fourth-order valence-corrected chi connectivity index (χ4v) is 3.92. The highest BCUT2D eigenvalue weighted by Crippen LogP contribution is 2.30. The van der Waals surface area contributed by atoms with E-state index in [4.69, 9.17) is 10.5 Å². The number of aliphatic hydroxyl groups is 1. The number of carbonyl (C=O) groups is 1. The number of nitrogens with two attached hydrogens (primary N) is 1. The molecule has 130 valence electrons. The van der Waals surface area contributed by atoms with Crippen LogP contribution in [0.3, 0.4) is 0 Å². The summed E-state index contributed by atoms with van der Waals surface area (Å²) in [5.74, 6) is -0.572. The Balaban J connectivity index is 2.04. The molecule has 2 unspecified atom stereocenters. The summed E-state index contributed by atoms with van der Waals surface area (Å²) in [5.41, 5.74) is 6.43. The van der Waals surface area contributed by atoms with Gasteiger partial charge in [0.25, 0.3) is 0 Å². The quantitative estimate of drug-likeness (QED) is 0.805. The number of thiophene rings is 1. The number of hydrogen-bond donors (Lipinski definition) is 2. The monoisotopic (exact) mass is 340 g/mol. The van der Waals surface area contributed by atoms with Crippen LogP contribution in [0.15, 0.2) is 6.07 Å². The van der Waals surface area contributed by atoms with Crippen molar-refractivity contribution in [3.63, 3.8) is 0 Å². The summed E-state index contributed by atoms with van der Waals surface area (Å²) < 4.78 is 5.26. The van der Waals surface area contributed by atoms with Gasteiger partial charge in [-0.2, -0.15) is 0 Å². The first-order valence-electron chi connectivity index (χ1n) is 8.15. The third kappa shape index (κ3) is 5.01. The van der Waals surface area contributed by atoms with Crippen molar-refractivity contribution in [2.75, 3.05) is 13.1 Å². The minimum atomic E-state index is -1.06. The van der Waals surface area contributed by atoms with Crippen LogP contribution in [-0.4, -0.2) is 40.7 Å². The number of likely N-dealkylation sites (tertiary alicyclic amines) is 1. The van der Waals surface area contributed by atoms with Crippen molar-refractivity contribution >= 4 is 17.3 Å². The standard InChI is InChI=1S/C17H28N2O3S/c1-11-9-12(23-13(11)10-19-7-5-6-8-19)15(20)14(18)16(21)22-17(2,3)4/h9,14-15,20H,5-8,10,18H2,1-4H3. The number of rotatable bonds is 5. The van der Waals surface area contributed by atoms with E-state index in [0.717, 1.165) is 30.1 Å². The molecule has 1 fully saturated rings. The number of ether oxygens (including phenoxy) is 1. The van der Waals surface area contributed by atoms with Crippen LogP contribution in [0.5, 0.6) is 0 Å². The van der Waals surface area contributed by atoms with Crippen LogP contribution in [0.2, 0.25) is 0 Å². The van der Waals surface area contributed by atoms with Crippen LogP contribution in [0.25, 0.3) is 0 Å². The van der Waals surface area contributed by atoms with E-state index in [1.807, 2.05) is 13.0 Å². The Morgan fingerprint density at radius 3 is 2.61 bits per heavy atom. The highest BCUT2D eigenvalue weighted by Gasteiger charge is 2.30. The average molecular weight is 340 g/mol. The Hall–Kier alpha value is -0.950. The molecule has 0 radical (unpaired) electrons. The first kappa shape index (κ1) is 18.4. The van der Waals surface area contributed by atoms with Crippen LogP contribution in [0.4, 0.5) is 0 Å². The third-order valence-corrected chi connectivity index (χ3v) is 5.21. The van der Waals surface area contributed by atoms with Gasteiger partial charge in [0.1, 0.15) is 17.7 Å². The maximum Gasteiger partial charge on any atom is 0.326 e. The minimum absolute atomic E-state index is 0.572. The zero-order chi connectivity index (χ0) is 17.2. The van der Waals surface area contributed by atoms with Crippen LogP contribution in [0.1, 0.15) is 55.0 Å². The molecule has 0 spiro atoms. The van der Waals surface area contributed by atoms with Gasteiger partial charge in [-0.1, -0.05) is 0 Å². The summed E-state index contributed by atoms with van der Waals surface area (Å²) in [4.78, 5) is 16.4. The van der Waals surface area contributed by atoms with E-state index in [1.54, 1.807) is 20.8 Å². The third-order valence-electron chi connectivity index (χ3n) is 3.92. The lowest BCUT2D eigenvalue weighted by Crippen LogP contribution is -2.41. The molecule has 0 bridgehead atoms. The topological polar surface area (TPSA) is 75.8 Å². The molecule has 5 nitrogen and oxygen atoms in total. The molecule has 1 aromatic heterocycles. The molecule has 2 heterocycles. The Morgan fingerprint density at radius 1 is 1.43 bits per heavy atom. The minimum Gasteiger partial charge on any atom is -0.459 e. The number of aliphatic hydroxyl groups excluding tert-OH is 1. The zero-order valence-electron chi connectivity index (χ0n) is 14.5. The first-order valence-corrected chi connectivity index (χ1v) is 8.97. The normalized spacial score (nSPS) is 18.9. The number of esters is 1. The van der Waals surface area contributed by atoms with Gasteiger partial charge in [-0.15, -0.1) is 11.3 Å². The van der Waals surface area contributed by atoms with Crippen molar-refractivity contribution in [1.29, 1.82) is 0 Å². The molecule has 0 aliphatic carbocycles. The van der Waals surface area contributed by atoms with Gasteiger partial charge < -0.3 is 15.6 Å². The lowest BCUT2D eigenvalue weighted by Gasteiger charge is -2.24. The van der Waals surface area contributed by atoms with E-state index in [9.17, 15) is 9.90 Å². The van der Waals surface area contributed by atoms with E-state index < -0.39 is 23.7 Å². The fraction of sp³-hybridized carbons (Fsp3) is 0.706. The van der Waals surface area contributed by atoms with Gasteiger partial charge in [0.15, 0.2) is 0 Å². The predicted octanol–water partition coefficient (Wildman–Crippen LogP) is 2.35. The van der Waals surface area contributed by atoms with E-state index in [1.165, 1.54) is 29.1 Å². The first-order chi connectivity index (χ1) is 10.7. The molecular formula is C17H28N2O3S. The second-order valence-electron chi connectivity index (χ2n) is 7.24. The van der Waals surface area contributed by atoms with Gasteiger partial charge in [0.05, 0.1) is 0 Å². The van der Waals surface area contributed by atoms with Gasteiger partial charge in [-0.05, 0) is 65.3 Å². The molecule has 1 aliphatic rings. The molecule has 23 heavy (non-hydrogen) atoms. The van der Waals surface area contributed by atoms with Gasteiger partial charge >= 0.3 is 5.97 Å². The van der Waals surface area contributed by atoms with E-state index in [0.29, 0.717) is 0 Å².